The van der Waals surface area contributed by atoms with Crippen molar-refractivity contribution in [3.63, 3.8) is 0 Å². The second-order valence-electron chi connectivity index (χ2n) is 12.6. The fourth-order valence-electron chi connectivity index (χ4n) is 6.45. The number of hydrogen-bond donors (Lipinski definition) is 2. The molecule has 0 radical (unpaired) electrons. The molecule has 2 N–H and O–H groups in total. The fraction of sp³-hybridized carbons (Fsp3) is 0.415. The Kier molecular flexibility index (Phi) is 13.4. The number of nitrogens with zero attached hydrogens (tertiary/aromatic N) is 1. The van der Waals surface area contributed by atoms with Crippen molar-refractivity contribution in [1.82, 2.24) is 4.90 Å². The van der Waals surface area contributed by atoms with Gasteiger partial charge in [0, 0.05) is 18.2 Å². The molecule has 6 nitrogen and oxygen atoms in total. The molecule has 5 rings (SSSR count). The van der Waals surface area contributed by atoms with E-state index in [-0.39, 0.29) is 11.5 Å². The summed E-state index contributed by atoms with van der Waals surface area (Å²) in [5, 5.41) is 20.1. The summed E-state index contributed by atoms with van der Waals surface area (Å²) in [6, 6.07) is 30.7. The second kappa shape index (κ2) is 18.4. The lowest BCUT2D eigenvalue weighted by molar-refractivity contribution is 0.131. The lowest BCUT2D eigenvalue weighted by Crippen LogP contribution is -2.40. The Morgan fingerprint density at radius 3 is 2.13 bits per heavy atom. The van der Waals surface area contributed by atoms with Crippen molar-refractivity contribution in [2.45, 2.75) is 84.0 Å². The van der Waals surface area contributed by atoms with Crippen LogP contribution in [0.25, 0.3) is 0 Å². The van der Waals surface area contributed by atoms with Crippen molar-refractivity contribution < 1.29 is 24.4 Å². The Morgan fingerprint density at radius 2 is 1.40 bits per heavy atom. The number of ether oxygens (including phenoxy) is 3. The monoisotopic (exact) mass is 637 g/mol. The van der Waals surface area contributed by atoms with Gasteiger partial charge in [-0.2, -0.15) is 0 Å². The lowest BCUT2D eigenvalue weighted by Gasteiger charge is -2.35. The SMILES string of the molecule is CCCN(CCCCCCOCCc1ccc(OCc2ccccc2)c(OCc2ccccc2)c1)C1CCc2c(ccc(O)c2O)C1. The molecule has 0 bridgehead atoms. The van der Waals surface area contributed by atoms with Gasteiger partial charge in [0.2, 0.25) is 0 Å². The number of hydrogen-bond acceptors (Lipinski definition) is 6. The van der Waals surface area contributed by atoms with Crippen LogP contribution in [0.3, 0.4) is 0 Å². The zero-order chi connectivity index (χ0) is 32.7. The average Bonchev–Trinajstić information content (AvgIpc) is 3.11. The molecule has 6 heteroatoms. The van der Waals surface area contributed by atoms with E-state index in [1.807, 2.05) is 48.5 Å². The maximum Gasteiger partial charge on any atom is 0.161 e. The highest BCUT2D eigenvalue weighted by Crippen LogP contribution is 2.37. The molecule has 47 heavy (non-hydrogen) atoms. The van der Waals surface area contributed by atoms with Gasteiger partial charge in [0.25, 0.3) is 0 Å². The summed E-state index contributed by atoms with van der Waals surface area (Å²) in [5.41, 5.74) is 5.53. The summed E-state index contributed by atoms with van der Waals surface area (Å²) in [7, 11) is 0. The Bertz CT molecular complexity index is 1490. The van der Waals surface area contributed by atoms with Crippen LogP contribution in [0.15, 0.2) is 91.0 Å². The molecule has 0 saturated carbocycles. The van der Waals surface area contributed by atoms with Crippen LogP contribution in [0.4, 0.5) is 0 Å². The van der Waals surface area contributed by atoms with Crippen molar-refractivity contribution in [2.75, 3.05) is 26.3 Å². The molecular formula is C41H51NO5. The highest BCUT2D eigenvalue weighted by molar-refractivity contribution is 5.50. The topological polar surface area (TPSA) is 71.4 Å². The summed E-state index contributed by atoms with van der Waals surface area (Å²) in [6.07, 6.45) is 9.41. The van der Waals surface area contributed by atoms with E-state index in [1.54, 1.807) is 6.07 Å². The summed E-state index contributed by atoms with van der Waals surface area (Å²) in [6.45, 7) is 6.91. The molecule has 4 aromatic carbocycles. The maximum absolute atomic E-state index is 10.3. The molecule has 1 atom stereocenters. The predicted octanol–water partition coefficient (Wildman–Crippen LogP) is 8.64. The van der Waals surface area contributed by atoms with Gasteiger partial charge in [-0.1, -0.05) is 92.6 Å². The predicted molar refractivity (Wildman–Crippen MR) is 188 cm³/mol. The van der Waals surface area contributed by atoms with E-state index < -0.39 is 0 Å². The molecule has 4 aromatic rings. The van der Waals surface area contributed by atoms with E-state index in [2.05, 4.69) is 48.2 Å². The van der Waals surface area contributed by atoms with Crippen LogP contribution in [-0.2, 0) is 37.2 Å². The largest absolute Gasteiger partial charge is 0.504 e. The summed E-state index contributed by atoms with van der Waals surface area (Å²) >= 11 is 0. The fourth-order valence-corrected chi connectivity index (χ4v) is 6.45. The first kappa shape index (κ1) is 34.3. The van der Waals surface area contributed by atoms with Gasteiger partial charge in [0.1, 0.15) is 13.2 Å². The van der Waals surface area contributed by atoms with Crippen molar-refractivity contribution >= 4 is 0 Å². The number of unbranched alkanes of at least 4 members (excludes halogenated alkanes) is 3. The minimum atomic E-state index is -0.00576. The number of rotatable bonds is 19. The molecule has 1 aliphatic carbocycles. The standard InChI is InChI=1S/C41H51NO5/c1-2-24-42(36-19-20-37-35(29-36)18-21-38(43)41(37)44)25-11-3-4-12-26-45-27-23-32-17-22-39(46-30-33-13-7-5-8-14-33)40(28-32)47-31-34-15-9-6-10-16-34/h5-10,13-18,21-22,28,36,43-44H,2-4,11-12,19-20,23-27,29-31H2,1H3. The lowest BCUT2D eigenvalue weighted by atomic mass is 9.86. The number of fused-ring (bicyclic) bond motifs is 1. The number of benzene rings is 4. The normalized spacial score (nSPS) is 14.2. The Morgan fingerprint density at radius 1 is 0.702 bits per heavy atom. The quantitative estimate of drug-likeness (QED) is 0.0792. The van der Waals surface area contributed by atoms with Crippen LogP contribution >= 0.6 is 0 Å². The van der Waals surface area contributed by atoms with E-state index in [0.717, 1.165) is 86.4 Å². The zero-order valence-electron chi connectivity index (χ0n) is 27.9. The smallest absolute Gasteiger partial charge is 0.161 e. The zero-order valence-corrected chi connectivity index (χ0v) is 27.9. The van der Waals surface area contributed by atoms with E-state index in [9.17, 15) is 10.2 Å². The van der Waals surface area contributed by atoms with Crippen molar-refractivity contribution in [3.05, 3.63) is 119 Å². The first-order valence-corrected chi connectivity index (χ1v) is 17.4. The van der Waals surface area contributed by atoms with Crippen molar-refractivity contribution in [2.24, 2.45) is 0 Å². The maximum atomic E-state index is 10.3. The number of aromatic hydroxyl groups is 2. The first-order chi connectivity index (χ1) is 23.1. The van der Waals surface area contributed by atoms with Gasteiger partial charge in [-0.25, -0.2) is 0 Å². The first-order valence-electron chi connectivity index (χ1n) is 17.4. The van der Waals surface area contributed by atoms with Crippen LogP contribution < -0.4 is 9.47 Å². The van der Waals surface area contributed by atoms with E-state index in [1.165, 1.54) is 30.4 Å². The molecule has 0 aliphatic heterocycles. The molecule has 0 amide bonds. The molecule has 0 saturated heterocycles. The minimum absolute atomic E-state index is 0.00576. The van der Waals surface area contributed by atoms with Crippen LogP contribution in [0.5, 0.6) is 23.0 Å². The molecule has 1 aliphatic rings. The van der Waals surface area contributed by atoms with E-state index in [4.69, 9.17) is 14.2 Å². The average molecular weight is 638 g/mol. The van der Waals surface area contributed by atoms with Crippen LogP contribution in [0, 0.1) is 0 Å². The third-order valence-electron chi connectivity index (χ3n) is 9.07. The molecule has 1 unspecified atom stereocenters. The van der Waals surface area contributed by atoms with E-state index >= 15 is 0 Å². The molecule has 0 spiro atoms. The van der Waals surface area contributed by atoms with Gasteiger partial charge in [-0.15, -0.1) is 0 Å². The Balaban J connectivity index is 1.01. The van der Waals surface area contributed by atoms with Gasteiger partial charge in [0.05, 0.1) is 6.61 Å². The molecular weight excluding hydrogens is 586 g/mol. The second-order valence-corrected chi connectivity index (χ2v) is 12.6. The molecule has 0 aromatic heterocycles. The van der Waals surface area contributed by atoms with Crippen molar-refractivity contribution in [1.29, 1.82) is 0 Å². The summed E-state index contributed by atoms with van der Waals surface area (Å²) < 4.78 is 18.4. The Hall–Kier alpha value is -4.00. The number of phenols is 2. The minimum Gasteiger partial charge on any atom is -0.504 e. The van der Waals surface area contributed by atoms with Gasteiger partial charge >= 0.3 is 0 Å². The third kappa shape index (κ3) is 10.5. The van der Waals surface area contributed by atoms with Crippen LogP contribution in [0.2, 0.25) is 0 Å². The summed E-state index contributed by atoms with van der Waals surface area (Å²) in [4.78, 5) is 2.64. The number of phenolic OH excluding ortho intramolecular Hbond substituents is 2. The third-order valence-corrected chi connectivity index (χ3v) is 9.07. The highest BCUT2D eigenvalue weighted by atomic mass is 16.5. The molecule has 250 valence electrons. The molecule has 0 fully saturated rings. The highest BCUT2D eigenvalue weighted by Gasteiger charge is 2.26. The van der Waals surface area contributed by atoms with Gasteiger partial charge < -0.3 is 29.3 Å². The van der Waals surface area contributed by atoms with Crippen LogP contribution in [0.1, 0.15) is 73.3 Å². The van der Waals surface area contributed by atoms with E-state index in [0.29, 0.717) is 25.9 Å². The van der Waals surface area contributed by atoms with Gasteiger partial charge in [0.15, 0.2) is 23.0 Å². The summed E-state index contributed by atoms with van der Waals surface area (Å²) in [5.74, 6) is 1.58. The van der Waals surface area contributed by atoms with Gasteiger partial charge in [-0.05, 0) is 98.5 Å². The van der Waals surface area contributed by atoms with Crippen LogP contribution in [-0.4, -0.2) is 47.5 Å². The van der Waals surface area contributed by atoms with Gasteiger partial charge in [-0.3, -0.25) is 0 Å². The Labute approximate surface area is 280 Å². The van der Waals surface area contributed by atoms with Crippen molar-refractivity contribution in [3.8, 4) is 23.0 Å². The molecule has 0 heterocycles.